The first-order chi connectivity index (χ1) is 10.2. The van der Waals surface area contributed by atoms with Crippen LogP contribution < -0.4 is 0 Å². The molecule has 112 valence electrons. The minimum atomic E-state index is -0.664. The van der Waals surface area contributed by atoms with Gasteiger partial charge in [-0.25, -0.2) is 4.98 Å². The van der Waals surface area contributed by atoms with Crippen molar-refractivity contribution in [1.29, 1.82) is 0 Å². The zero-order valence-electron chi connectivity index (χ0n) is 12.0. The van der Waals surface area contributed by atoms with Crippen LogP contribution in [-0.4, -0.2) is 33.8 Å². The fraction of sp³-hybridized carbons (Fsp3) is 0.286. The lowest BCUT2D eigenvalue weighted by molar-refractivity contribution is -0.137. The first-order valence-corrected chi connectivity index (χ1v) is 7.33. The van der Waals surface area contributed by atoms with Crippen LogP contribution in [0.2, 0.25) is 0 Å². The van der Waals surface area contributed by atoms with Crippen LogP contribution in [-0.2, 0) is 9.53 Å². The molecule has 0 saturated heterocycles. The van der Waals surface area contributed by atoms with Crippen molar-refractivity contribution in [2.24, 2.45) is 0 Å². The Balaban J connectivity index is 0.00000106. The topological polar surface area (TPSA) is 65.0 Å². The van der Waals surface area contributed by atoms with Crippen LogP contribution in [0.5, 0.6) is 0 Å². The van der Waals surface area contributed by atoms with Gasteiger partial charge in [-0.2, -0.15) is 9.37 Å². The van der Waals surface area contributed by atoms with Crippen molar-refractivity contribution in [1.82, 2.24) is 15.0 Å². The maximum absolute atomic E-state index is 13.4. The maximum Gasteiger partial charge on any atom is 0.316 e. The Kier molecular flexibility index (Phi) is 7.31. The fourth-order valence-corrected chi connectivity index (χ4v) is 1.97. The molecule has 0 radical (unpaired) electrons. The van der Waals surface area contributed by atoms with Crippen LogP contribution >= 0.6 is 11.8 Å². The summed E-state index contributed by atoms with van der Waals surface area (Å²) in [6.45, 7) is 4.00. The van der Waals surface area contributed by atoms with E-state index in [1.165, 1.54) is 13.2 Å². The number of hydrogen-bond acceptors (Lipinski definition) is 6. The van der Waals surface area contributed by atoms with Crippen molar-refractivity contribution in [3.63, 3.8) is 0 Å². The molecule has 0 aliphatic heterocycles. The SMILES string of the molecule is CC.COC(=O)CSc1nc(F)cc(-c2ccccn2)n1. The summed E-state index contributed by atoms with van der Waals surface area (Å²) in [6.07, 6.45) is 1.59. The van der Waals surface area contributed by atoms with Gasteiger partial charge in [-0.05, 0) is 12.1 Å². The molecule has 0 unspecified atom stereocenters. The summed E-state index contributed by atoms with van der Waals surface area (Å²) in [6, 6.07) is 6.46. The van der Waals surface area contributed by atoms with Crippen molar-refractivity contribution < 1.29 is 13.9 Å². The number of methoxy groups -OCH3 is 1. The molecule has 0 aliphatic carbocycles. The first kappa shape index (κ1) is 17.0. The molecule has 0 amide bonds. The van der Waals surface area contributed by atoms with Gasteiger partial charge in [0.2, 0.25) is 5.95 Å². The second kappa shape index (κ2) is 9.02. The zero-order valence-corrected chi connectivity index (χ0v) is 12.9. The third-order valence-electron chi connectivity index (χ3n) is 2.15. The highest BCUT2D eigenvalue weighted by Crippen LogP contribution is 2.19. The van der Waals surface area contributed by atoms with Gasteiger partial charge in [-0.1, -0.05) is 31.7 Å². The summed E-state index contributed by atoms with van der Waals surface area (Å²) in [5.41, 5.74) is 0.921. The molecular weight excluding hydrogens is 293 g/mol. The van der Waals surface area contributed by atoms with Crippen LogP contribution in [0, 0.1) is 5.95 Å². The van der Waals surface area contributed by atoms with Crippen molar-refractivity contribution in [3.8, 4) is 11.4 Å². The maximum atomic E-state index is 13.4. The lowest BCUT2D eigenvalue weighted by atomic mass is 10.2. The minimum Gasteiger partial charge on any atom is -0.468 e. The van der Waals surface area contributed by atoms with E-state index >= 15 is 0 Å². The lowest BCUT2D eigenvalue weighted by Gasteiger charge is -2.03. The Morgan fingerprint density at radius 2 is 2.05 bits per heavy atom. The molecule has 0 aliphatic rings. The van der Waals surface area contributed by atoms with Crippen LogP contribution in [0.25, 0.3) is 11.4 Å². The first-order valence-electron chi connectivity index (χ1n) is 6.34. The molecule has 5 nitrogen and oxygen atoms in total. The number of ether oxygens (including phenoxy) is 1. The van der Waals surface area contributed by atoms with E-state index in [1.54, 1.807) is 24.4 Å². The molecule has 2 heterocycles. The number of nitrogens with zero attached hydrogens (tertiary/aromatic N) is 3. The number of aromatic nitrogens is 3. The Morgan fingerprint density at radius 3 is 2.67 bits per heavy atom. The average Bonchev–Trinajstić information content (AvgIpc) is 2.55. The van der Waals surface area contributed by atoms with E-state index in [0.29, 0.717) is 11.4 Å². The van der Waals surface area contributed by atoms with Gasteiger partial charge in [-0.3, -0.25) is 9.78 Å². The third kappa shape index (κ3) is 5.47. The molecule has 0 aromatic carbocycles. The highest BCUT2D eigenvalue weighted by Gasteiger charge is 2.10. The predicted octanol–water partition coefficient (Wildman–Crippen LogP) is 2.97. The largest absolute Gasteiger partial charge is 0.468 e. The van der Waals surface area contributed by atoms with E-state index in [2.05, 4.69) is 19.7 Å². The van der Waals surface area contributed by atoms with Gasteiger partial charge in [0.15, 0.2) is 5.16 Å². The van der Waals surface area contributed by atoms with Gasteiger partial charge < -0.3 is 4.74 Å². The van der Waals surface area contributed by atoms with E-state index < -0.39 is 11.9 Å². The summed E-state index contributed by atoms with van der Waals surface area (Å²) in [4.78, 5) is 22.9. The summed E-state index contributed by atoms with van der Waals surface area (Å²) >= 11 is 1.01. The molecule has 21 heavy (non-hydrogen) atoms. The number of carbonyl (C=O) groups excluding carboxylic acids is 1. The predicted molar refractivity (Wildman–Crippen MR) is 79.3 cm³/mol. The van der Waals surface area contributed by atoms with Crippen LogP contribution in [0.4, 0.5) is 4.39 Å². The Morgan fingerprint density at radius 1 is 1.29 bits per heavy atom. The van der Waals surface area contributed by atoms with Crippen molar-refractivity contribution in [2.45, 2.75) is 19.0 Å². The third-order valence-corrected chi connectivity index (χ3v) is 2.97. The highest BCUT2D eigenvalue weighted by molar-refractivity contribution is 7.99. The van der Waals surface area contributed by atoms with Gasteiger partial charge in [-0.15, -0.1) is 0 Å². The molecule has 0 atom stereocenters. The molecule has 0 spiro atoms. The molecule has 7 heteroatoms. The zero-order chi connectivity index (χ0) is 15.7. The normalized spacial score (nSPS) is 9.52. The molecule has 0 fully saturated rings. The number of halogens is 1. The van der Waals surface area contributed by atoms with Crippen molar-refractivity contribution in [3.05, 3.63) is 36.4 Å². The van der Waals surface area contributed by atoms with E-state index in [-0.39, 0.29) is 10.9 Å². The molecule has 2 aromatic rings. The monoisotopic (exact) mass is 309 g/mol. The van der Waals surface area contributed by atoms with E-state index in [4.69, 9.17) is 0 Å². The molecule has 0 bridgehead atoms. The van der Waals surface area contributed by atoms with Gasteiger partial charge in [0, 0.05) is 12.3 Å². The van der Waals surface area contributed by atoms with Gasteiger partial charge in [0.05, 0.1) is 24.3 Å². The molecule has 2 rings (SSSR count). The second-order valence-corrected chi connectivity index (χ2v) is 4.38. The Labute approximate surface area is 127 Å². The standard InChI is InChI=1S/C12H10FN3O2S.C2H6/c1-18-11(17)7-19-12-15-9(6-10(13)16-12)8-4-2-3-5-14-8;1-2/h2-6H,7H2,1H3;1-2H3. The molecule has 0 saturated carbocycles. The summed E-state index contributed by atoms with van der Waals surface area (Å²) in [5, 5.41) is 0.172. The number of rotatable bonds is 4. The number of hydrogen-bond donors (Lipinski definition) is 0. The van der Waals surface area contributed by atoms with Gasteiger partial charge in [0.25, 0.3) is 0 Å². The molecular formula is C14H16FN3O2S. The number of esters is 1. The van der Waals surface area contributed by atoms with Crippen molar-refractivity contribution in [2.75, 3.05) is 12.9 Å². The summed E-state index contributed by atoms with van der Waals surface area (Å²) in [5.74, 6) is -1.05. The smallest absolute Gasteiger partial charge is 0.316 e. The lowest BCUT2D eigenvalue weighted by Crippen LogP contribution is -2.04. The Bertz CT molecular complexity index is 582. The fourth-order valence-electron chi connectivity index (χ4n) is 1.29. The second-order valence-electron chi connectivity index (χ2n) is 3.44. The van der Waals surface area contributed by atoms with E-state index in [9.17, 15) is 9.18 Å². The summed E-state index contributed by atoms with van der Waals surface area (Å²) < 4.78 is 17.9. The quantitative estimate of drug-likeness (QED) is 0.374. The average molecular weight is 309 g/mol. The molecule has 0 N–H and O–H groups in total. The van der Waals surface area contributed by atoms with Crippen LogP contribution in [0.3, 0.4) is 0 Å². The summed E-state index contributed by atoms with van der Waals surface area (Å²) in [7, 11) is 1.29. The number of thioether (sulfide) groups is 1. The Hall–Kier alpha value is -2.02. The van der Waals surface area contributed by atoms with E-state index in [0.717, 1.165) is 11.8 Å². The highest BCUT2D eigenvalue weighted by atomic mass is 32.2. The van der Waals surface area contributed by atoms with Gasteiger partial charge in [0.1, 0.15) is 0 Å². The van der Waals surface area contributed by atoms with Crippen LogP contribution in [0.15, 0.2) is 35.6 Å². The van der Waals surface area contributed by atoms with E-state index in [1.807, 2.05) is 13.8 Å². The van der Waals surface area contributed by atoms with Crippen molar-refractivity contribution >= 4 is 17.7 Å². The minimum absolute atomic E-state index is 0.0294. The number of carbonyl (C=O) groups is 1. The van der Waals surface area contributed by atoms with Gasteiger partial charge >= 0.3 is 5.97 Å². The molecule has 2 aromatic heterocycles. The number of pyridine rings is 1. The van der Waals surface area contributed by atoms with Crippen LogP contribution in [0.1, 0.15) is 13.8 Å².